The summed E-state index contributed by atoms with van der Waals surface area (Å²) < 4.78 is 8.60. The highest BCUT2D eigenvalue weighted by atomic mass is 16.3. The third-order valence-electron chi connectivity index (χ3n) is 6.22. The fourth-order valence-electron chi connectivity index (χ4n) is 4.32. The summed E-state index contributed by atoms with van der Waals surface area (Å²) in [7, 11) is 2.11. The summed E-state index contributed by atoms with van der Waals surface area (Å²) in [5.74, 6) is 0.962. The van der Waals surface area contributed by atoms with Crippen molar-refractivity contribution in [2.75, 3.05) is 0 Å². The highest BCUT2D eigenvalue weighted by Crippen LogP contribution is 2.37. The Bertz CT molecular complexity index is 1180. The molecule has 0 aliphatic carbocycles. The highest BCUT2D eigenvalue weighted by Gasteiger charge is 2.23. The summed E-state index contributed by atoms with van der Waals surface area (Å²) in [4.78, 5) is 4.80. The van der Waals surface area contributed by atoms with E-state index in [1.165, 1.54) is 22.4 Å². The average molecular weight is 388 g/mol. The van der Waals surface area contributed by atoms with Crippen LogP contribution >= 0.6 is 0 Å². The highest BCUT2D eigenvalue weighted by molar-refractivity contribution is 6.08. The number of aromatic nitrogens is 2. The Morgan fingerprint density at radius 2 is 1.72 bits per heavy atom. The molecule has 4 aromatic rings. The van der Waals surface area contributed by atoms with Crippen LogP contribution in [0.4, 0.5) is 0 Å². The summed E-state index contributed by atoms with van der Waals surface area (Å²) in [6, 6.07) is 13.2. The first-order chi connectivity index (χ1) is 13.9. The monoisotopic (exact) mass is 387 g/mol. The van der Waals surface area contributed by atoms with Gasteiger partial charge >= 0.3 is 0 Å². The zero-order valence-corrected chi connectivity index (χ0v) is 18.4. The smallest absolute Gasteiger partial charge is 0.227 e. The van der Waals surface area contributed by atoms with E-state index in [4.69, 9.17) is 9.40 Å². The number of nitrogens with zero attached hydrogens (tertiary/aromatic N) is 2. The van der Waals surface area contributed by atoms with Crippen LogP contribution in [0.1, 0.15) is 69.2 Å². The molecule has 29 heavy (non-hydrogen) atoms. The minimum atomic E-state index is 0.378. The van der Waals surface area contributed by atoms with Crippen molar-refractivity contribution < 1.29 is 8.98 Å². The number of pyridine rings is 2. The van der Waals surface area contributed by atoms with Crippen molar-refractivity contribution in [3.8, 4) is 11.3 Å². The number of fused-ring (bicyclic) bond motifs is 3. The average Bonchev–Trinajstić information content (AvgIpc) is 3.08. The van der Waals surface area contributed by atoms with Crippen molar-refractivity contribution in [3.63, 3.8) is 0 Å². The number of aryl methyl sites for hydroxylation is 2. The van der Waals surface area contributed by atoms with E-state index in [0.29, 0.717) is 11.8 Å². The molecule has 0 aliphatic rings. The van der Waals surface area contributed by atoms with Crippen LogP contribution in [0, 0.1) is 6.92 Å². The second-order valence-electron chi connectivity index (χ2n) is 8.45. The van der Waals surface area contributed by atoms with Crippen LogP contribution in [-0.2, 0) is 7.05 Å². The van der Waals surface area contributed by atoms with Gasteiger partial charge in [0.25, 0.3) is 0 Å². The molecule has 3 nitrogen and oxygen atoms in total. The van der Waals surface area contributed by atoms with E-state index in [1.807, 2.05) is 0 Å². The second-order valence-corrected chi connectivity index (χ2v) is 8.45. The van der Waals surface area contributed by atoms with Gasteiger partial charge in [0.15, 0.2) is 11.8 Å². The van der Waals surface area contributed by atoms with Crippen molar-refractivity contribution in [3.05, 3.63) is 59.4 Å². The Morgan fingerprint density at radius 3 is 2.41 bits per heavy atom. The standard InChI is InChI=1S/C26H31N2O/c1-7-18(8-2)19-13-14-28(6)23(15-19)24-17(5)9-10-20-21-11-12-22(16(3)4)27-26(21)29-25(20)24/h9-16,18H,7-8H2,1-6H3/q+1. The summed E-state index contributed by atoms with van der Waals surface area (Å²) in [6.45, 7) is 11.0. The molecule has 0 atom stereocenters. The molecule has 0 N–H and O–H groups in total. The Morgan fingerprint density at radius 1 is 1.00 bits per heavy atom. The topological polar surface area (TPSA) is 29.9 Å². The molecule has 0 saturated carbocycles. The number of furan rings is 1. The minimum absolute atomic E-state index is 0.378. The molecule has 3 heterocycles. The van der Waals surface area contributed by atoms with Gasteiger partial charge in [-0.1, -0.05) is 39.8 Å². The number of hydrogen-bond donors (Lipinski definition) is 0. The SMILES string of the molecule is CCC(CC)c1cc[n+](C)c(-c2c(C)ccc3c2oc2nc(C(C)C)ccc23)c1. The molecule has 0 unspecified atom stereocenters. The molecule has 0 saturated heterocycles. The van der Waals surface area contributed by atoms with E-state index in [0.717, 1.165) is 40.6 Å². The van der Waals surface area contributed by atoms with E-state index >= 15 is 0 Å². The van der Waals surface area contributed by atoms with Crippen molar-refractivity contribution in [2.24, 2.45) is 7.05 Å². The van der Waals surface area contributed by atoms with Crippen LogP contribution in [0.15, 0.2) is 47.0 Å². The lowest BCUT2D eigenvalue weighted by molar-refractivity contribution is -0.660. The van der Waals surface area contributed by atoms with Crippen LogP contribution < -0.4 is 4.57 Å². The van der Waals surface area contributed by atoms with Gasteiger partial charge in [-0.05, 0) is 54.9 Å². The van der Waals surface area contributed by atoms with Gasteiger partial charge in [0.2, 0.25) is 11.4 Å². The third kappa shape index (κ3) is 3.33. The minimum Gasteiger partial charge on any atom is -0.437 e. The van der Waals surface area contributed by atoms with Crippen molar-refractivity contribution in [2.45, 2.75) is 59.3 Å². The van der Waals surface area contributed by atoms with Crippen LogP contribution in [0.2, 0.25) is 0 Å². The Balaban J connectivity index is 1.99. The molecule has 0 bridgehead atoms. The lowest BCUT2D eigenvalue weighted by atomic mass is 9.92. The quantitative estimate of drug-likeness (QED) is 0.352. The lowest BCUT2D eigenvalue weighted by Gasteiger charge is -2.13. The Kier molecular flexibility index (Phi) is 5.16. The maximum atomic E-state index is 6.39. The predicted molar refractivity (Wildman–Crippen MR) is 120 cm³/mol. The summed E-state index contributed by atoms with van der Waals surface area (Å²) >= 11 is 0. The van der Waals surface area contributed by atoms with Crippen LogP contribution in [0.3, 0.4) is 0 Å². The molecule has 0 aliphatic heterocycles. The van der Waals surface area contributed by atoms with Crippen molar-refractivity contribution >= 4 is 22.1 Å². The van der Waals surface area contributed by atoms with Crippen molar-refractivity contribution in [1.29, 1.82) is 0 Å². The fourth-order valence-corrected chi connectivity index (χ4v) is 4.32. The first kappa shape index (κ1) is 19.6. The van der Waals surface area contributed by atoms with E-state index in [-0.39, 0.29) is 0 Å². The molecular weight excluding hydrogens is 356 g/mol. The van der Waals surface area contributed by atoms with Gasteiger partial charge in [-0.15, -0.1) is 0 Å². The maximum Gasteiger partial charge on any atom is 0.227 e. The Labute approximate surface area is 173 Å². The molecular formula is C26H31N2O+. The van der Waals surface area contributed by atoms with E-state index in [1.54, 1.807) is 0 Å². The summed E-state index contributed by atoms with van der Waals surface area (Å²) in [5, 5.41) is 2.22. The number of hydrogen-bond acceptors (Lipinski definition) is 2. The zero-order chi connectivity index (χ0) is 20.7. The molecule has 150 valence electrons. The molecule has 0 fully saturated rings. The first-order valence-electron chi connectivity index (χ1n) is 10.8. The largest absolute Gasteiger partial charge is 0.437 e. The molecule has 3 aromatic heterocycles. The normalized spacial score (nSPS) is 12.0. The molecule has 0 spiro atoms. The van der Waals surface area contributed by atoms with E-state index in [9.17, 15) is 0 Å². The molecule has 4 rings (SSSR count). The zero-order valence-electron chi connectivity index (χ0n) is 18.4. The van der Waals surface area contributed by atoms with Crippen LogP contribution in [-0.4, -0.2) is 4.98 Å². The van der Waals surface area contributed by atoms with Gasteiger partial charge in [0, 0.05) is 28.6 Å². The molecule has 0 radical (unpaired) electrons. The summed E-state index contributed by atoms with van der Waals surface area (Å²) in [6.07, 6.45) is 4.48. The van der Waals surface area contributed by atoms with E-state index < -0.39 is 0 Å². The molecule has 1 aromatic carbocycles. The summed E-state index contributed by atoms with van der Waals surface area (Å²) in [5.41, 5.74) is 7.72. The van der Waals surface area contributed by atoms with Gasteiger partial charge in [-0.2, -0.15) is 0 Å². The predicted octanol–water partition coefficient (Wildman–Crippen LogP) is 6.81. The fraction of sp³-hybridized carbons (Fsp3) is 0.385. The number of rotatable bonds is 5. The Hall–Kier alpha value is -2.68. The van der Waals surface area contributed by atoms with E-state index in [2.05, 4.69) is 88.8 Å². The van der Waals surface area contributed by atoms with Crippen LogP contribution in [0.5, 0.6) is 0 Å². The van der Waals surface area contributed by atoms with Gasteiger partial charge in [0.1, 0.15) is 7.05 Å². The first-order valence-corrected chi connectivity index (χ1v) is 10.8. The second kappa shape index (κ2) is 7.62. The number of benzene rings is 1. The maximum absolute atomic E-state index is 6.39. The van der Waals surface area contributed by atoms with Gasteiger partial charge < -0.3 is 4.42 Å². The lowest BCUT2D eigenvalue weighted by Crippen LogP contribution is -2.31. The van der Waals surface area contributed by atoms with Crippen LogP contribution in [0.25, 0.3) is 33.3 Å². The van der Waals surface area contributed by atoms with Gasteiger partial charge in [0.05, 0.1) is 5.56 Å². The molecule has 3 heteroatoms. The third-order valence-corrected chi connectivity index (χ3v) is 6.22. The van der Waals surface area contributed by atoms with Crippen molar-refractivity contribution in [1.82, 2.24) is 4.98 Å². The van der Waals surface area contributed by atoms with Gasteiger partial charge in [-0.25, -0.2) is 9.55 Å². The molecule has 0 amide bonds. The van der Waals surface area contributed by atoms with Gasteiger partial charge in [-0.3, -0.25) is 0 Å².